The van der Waals surface area contributed by atoms with Crippen LogP contribution in [0.1, 0.15) is 29.9 Å². The lowest BCUT2D eigenvalue weighted by molar-refractivity contribution is 0.0689. The smallest absolute Gasteiger partial charge is 0.256 e. The molecule has 0 aliphatic heterocycles. The van der Waals surface area contributed by atoms with Crippen molar-refractivity contribution >= 4 is 23.2 Å². The fourth-order valence-corrected chi connectivity index (χ4v) is 2.20. The average Bonchev–Trinajstić information content (AvgIpc) is 2.47. The van der Waals surface area contributed by atoms with Crippen LogP contribution in [0.5, 0.6) is 0 Å². The molecule has 2 rings (SSSR count). The number of hydrogen-bond acceptors (Lipinski definition) is 3. The van der Waals surface area contributed by atoms with Gasteiger partial charge in [-0.1, -0.05) is 17.7 Å². The fraction of sp³-hybridized carbons (Fsp3) is 0.250. The van der Waals surface area contributed by atoms with Gasteiger partial charge in [0.2, 0.25) is 0 Å². The lowest BCUT2D eigenvalue weighted by atomic mass is 10.1. The highest BCUT2D eigenvalue weighted by Crippen LogP contribution is 2.21. The van der Waals surface area contributed by atoms with E-state index in [4.69, 9.17) is 17.3 Å². The molecule has 0 bridgehead atoms. The number of anilines is 1. The number of hydrogen-bond donors (Lipinski definition) is 1. The molecule has 0 unspecified atom stereocenters. The molecule has 2 aromatic rings. The first-order valence-corrected chi connectivity index (χ1v) is 7.12. The van der Waals surface area contributed by atoms with Crippen LogP contribution in [0.3, 0.4) is 0 Å². The van der Waals surface area contributed by atoms with E-state index in [9.17, 15) is 4.79 Å². The standard InChI is InChI=1S/C16H18ClN3O/c1-11(2)20(10-13-5-3-4-8-19-13)16(21)14-9-12(17)6-7-15(14)18/h3-9,11H,10,18H2,1-2H3. The van der Waals surface area contributed by atoms with E-state index in [1.54, 1.807) is 29.3 Å². The second-order valence-corrected chi connectivity index (χ2v) is 5.52. The van der Waals surface area contributed by atoms with Gasteiger partial charge >= 0.3 is 0 Å². The lowest BCUT2D eigenvalue weighted by Crippen LogP contribution is -2.37. The topological polar surface area (TPSA) is 59.2 Å². The minimum absolute atomic E-state index is 0.0258. The molecule has 1 aromatic carbocycles. The first-order chi connectivity index (χ1) is 9.99. The predicted octanol–water partition coefficient (Wildman–Crippen LogP) is 3.37. The van der Waals surface area contributed by atoms with Gasteiger partial charge in [-0.25, -0.2) is 0 Å². The van der Waals surface area contributed by atoms with E-state index in [0.717, 1.165) is 5.69 Å². The van der Waals surface area contributed by atoms with Gasteiger partial charge in [0.1, 0.15) is 0 Å². The van der Waals surface area contributed by atoms with Gasteiger partial charge in [-0.05, 0) is 44.2 Å². The normalized spacial score (nSPS) is 10.7. The Kier molecular flexibility index (Phi) is 4.81. The molecule has 0 spiro atoms. The van der Waals surface area contributed by atoms with E-state index in [2.05, 4.69) is 4.98 Å². The van der Waals surface area contributed by atoms with E-state index in [-0.39, 0.29) is 11.9 Å². The van der Waals surface area contributed by atoms with Crippen molar-refractivity contribution in [1.82, 2.24) is 9.88 Å². The maximum atomic E-state index is 12.7. The first kappa shape index (κ1) is 15.3. The third kappa shape index (κ3) is 3.73. The number of rotatable bonds is 4. The minimum Gasteiger partial charge on any atom is -0.398 e. The molecule has 1 aromatic heterocycles. The zero-order chi connectivity index (χ0) is 15.4. The van der Waals surface area contributed by atoms with Crippen molar-refractivity contribution in [3.63, 3.8) is 0 Å². The fourth-order valence-electron chi connectivity index (χ4n) is 2.02. The van der Waals surface area contributed by atoms with Gasteiger partial charge in [0.25, 0.3) is 5.91 Å². The summed E-state index contributed by atoms with van der Waals surface area (Å²) in [6, 6.07) is 10.6. The van der Waals surface area contributed by atoms with Crippen molar-refractivity contribution in [3.8, 4) is 0 Å². The Balaban J connectivity index is 2.30. The number of benzene rings is 1. The highest BCUT2D eigenvalue weighted by Gasteiger charge is 2.21. The van der Waals surface area contributed by atoms with E-state index < -0.39 is 0 Å². The molecule has 2 N–H and O–H groups in total. The number of nitrogens with two attached hydrogens (primary N) is 1. The van der Waals surface area contributed by atoms with Gasteiger partial charge < -0.3 is 10.6 Å². The quantitative estimate of drug-likeness (QED) is 0.881. The Labute approximate surface area is 129 Å². The number of pyridine rings is 1. The van der Waals surface area contributed by atoms with Crippen LogP contribution in [-0.2, 0) is 6.54 Å². The molecule has 0 saturated heterocycles. The molecule has 1 heterocycles. The van der Waals surface area contributed by atoms with Crippen molar-refractivity contribution in [2.45, 2.75) is 26.4 Å². The lowest BCUT2D eigenvalue weighted by Gasteiger charge is -2.27. The van der Waals surface area contributed by atoms with Crippen molar-refractivity contribution in [1.29, 1.82) is 0 Å². The number of carbonyl (C=O) groups excluding carboxylic acids is 1. The third-order valence-corrected chi connectivity index (χ3v) is 3.42. The van der Waals surface area contributed by atoms with Crippen LogP contribution in [0.25, 0.3) is 0 Å². The van der Waals surface area contributed by atoms with Crippen LogP contribution in [0.4, 0.5) is 5.69 Å². The highest BCUT2D eigenvalue weighted by molar-refractivity contribution is 6.31. The van der Waals surface area contributed by atoms with Crippen molar-refractivity contribution < 1.29 is 4.79 Å². The molecule has 4 nitrogen and oxygen atoms in total. The maximum absolute atomic E-state index is 12.7. The summed E-state index contributed by atoms with van der Waals surface area (Å²) >= 11 is 5.97. The van der Waals surface area contributed by atoms with Gasteiger partial charge in [0, 0.05) is 22.9 Å². The van der Waals surface area contributed by atoms with Gasteiger partial charge in [-0.2, -0.15) is 0 Å². The molecule has 110 valence electrons. The van der Waals surface area contributed by atoms with Crippen LogP contribution < -0.4 is 5.73 Å². The van der Waals surface area contributed by atoms with Crippen LogP contribution in [0, 0.1) is 0 Å². The summed E-state index contributed by atoms with van der Waals surface area (Å²) in [7, 11) is 0. The summed E-state index contributed by atoms with van der Waals surface area (Å²) in [6.07, 6.45) is 1.71. The molecule has 0 atom stereocenters. The first-order valence-electron chi connectivity index (χ1n) is 6.75. The summed E-state index contributed by atoms with van der Waals surface area (Å²) in [6.45, 7) is 4.35. The molecule has 21 heavy (non-hydrogen) atoms. The van der Waals surface area contributed by atoms with Gasteiger partial charge in [0.05, 0.1) is 17.8 Å². The molecule has 0 saturated carbocycles. The Morgan fingerprint density at radius 2 is 2.10 bits per heavy atom. The Morgan fingerprint density at radius 1 is 1.33 bits per heavy atom. The molecule has 0 radical (unpaired) electrons. The number of nitrogen functional groups attached to an aromatic ring is 1. The molecular formula is C16H18ClN3O. The van der Waals surface area contributed by atoms with Gasteiger partial charge in [-0.15, -0.1) is 0 Å². The largest absolute Gasteiger partial charge is 0.398 e. The zero-order valence-corrected chi connectivity index (χ0v) is 12.8. The molecule has 0 aliphatic rings. The van der Waals surface area contributed by atoms with E-state index in [1.807, 2.05) is 32.0 Å². The monoisotopic (exact) mass is 303 g/mol. The minimum atomic E-state index is -0.143. The third-order valence-electron chi connectivity index (χ3n) is 3.19. The second kappa shape index (κ2) is 6.59. The van der Waals surface area contributed by atoms with Gasteiger partial charge in [0.15, 0.2) is 0 Å². The molecule has 1 amide bonds. The summed E-state index contributed by atoms with van der Waals surface area (Å²) in [5.41, 5.74) is 7.58. The molecule has 5 heteroatoms. The number of carbonyl (C=O) groups is 1. The number of aromatic nitrogens is 1. The highest BCUT2D eigenvalue weighted by atomic mass is 35.5. The van der Waals surface area contributed by atoms with Crippen molar-refractivity contribution in [3.05, 3.63) is 58.9 Å². The van der Waals surface area contributed by atoms with E-state index >= 15 is 0 Å². The van der Waals surface area contributed by atoms with E-state index in [0.29, 0.717) is 22.8 Å². The zero-order valence-electron chi connectivity index (χ0n) is 12.1. The summed E-state index contributed by atoms with van der Waals surface area (Å²) < 4.78 is 0. The Bertz CT molecular complexity index is 629. The number of amides is 1. The summed E-state index contributed by atoms with van der Waals surface area (Å²) in [5.74, 6) is -0.143. The van der Waals surface area contributed by atoms with Crippen LogP contribution in [0.2, 0.25) is 5.02 Å². The SMILES string of the molecule is CC(C)N(Cc1ccccn1)C(=O)c1cc(Cl)ccc1N. The van der Waals surface area contributed by atoms with Crippen molar-refractivity contribution in [2.24, 2.45) is 0 Å². The van der Waals surface area contributed by atoms with Crippen LogP contribution in [0.15, 0.2) is 42.6 Å². The summed E-state index contributed by atoms with van der Waals surface area (Å²) in [4.78, 5) is 18.7. The second-order valence-electron chi connectivity index (χ2n) is 5.08. The molecule has 0 fully saturated rings. The Hall–Kier alpha value is -2.07. The molecule has 0 aliphatic carbocycles. The maximum Gasteiger partial charge on any atom is 0.256 e. The van der Waals surface area contributed by atoms with Gasteiger partial charge in [-0.3, -0.25) is 9.78 Å². The molecular weight excluding hydrogens is 286 g/mol. The van der Waals surface area contributed by atoms with Crippen LogP contribution >= 0.6 is 11.6 Å². The number of halogens is 1. The average molecular weight is 304 g/mol. The Morgan fingerprint density at radius 3 is 2.71 bits per heavy atom. The predicted molar refractivity (Wildman–Crippen MR) is 85.1 cm³/mol. The van der Waals surface area contributed by atoms with Crippen LogP contribution in [-0.4, -0.2) is 21.8 Å². The number of nitrogens with zero attached hydrogens (tertiary/aromatic N) is 2. The van der Waals surface area contributed by atoms with Crippen molar-refractivity contribution in [2.75, 3.05) is 5.73 Å². The van der Waals surface area contributed by atoms with E-state index in [1.165, 1.54) is 0 Å². The summed E-state index contributed by atoms with van der Waals surface area (Å²) in [5, 5.41) is 0.495.